The summed E-state index contributed by atoms with van der Waals surface area (Å²) in [4.78, 5) is 9.59. The van der Waals surface area contributed by atoms with Gasteiger partial charge in [-0.15, -0.1) is 0 Å². The summed E-state index contributed by atoms with van der Waals surface area (Å²) in [5.41, 5.74) is 0. The Balaban J connectivity index is -0.000000160. The fraction of sp³-hybridized carbons (Fsp3) is 0.778. The van der Waals surface area contributed by atoms with E-state index in [0.29, 0.717) is 12.0 Å². The average molecular weight is 260 g/mol. The number of rotatable bonds is 1. The summed E-state index contributed by atoms with van der Waals surface area (Å²) < 4.78 is 34.7. The highest BCUT2D eigenvalue weighted by Gasteiger charge is 2.17. The summed E-state index contributed by atoms with van der Waals surface area (Å²) in [6.45, 7) is 3.78. The van der Waals surface area contributed by atoms with E-state index in [1.807, 2.05) is 0 Å². The third kappa shape index (κ3) is 51.2. The highest BCUT2D eigenvalue weighted by molar-refractivity contribution is 7.80. The molecular weight excluding hydrogens is 242 g/mol. The number of hydrogen-bond acceptors (Lipinski definition) is 5. The second-order valence-corrected chi connectivity index (χ2v) is 2.98. The minimum Gasteiger partial charge on any atom is -0.491 e. The number of thiocarbonyl (C=S) groups is 1. The predicted molar refractivity (Wildman–Crippen MR) is 60.6 cm³/mol. The van der Waals surface area contributed by atoms with Crippen LogP contribution in [0.15, 0.2) is 0 Å². The van der Waals surface area contributed by atoms with Crippen molar-refractivity contribution < 1.29 is 27.8 Å². The van der Waals surface area contributed by atoms with E-state index in [2.05, 4.69) is 26.4 Å². The van der Waals surface area contributed by atoms with Crippen molar-refractivity contribution in [2.75, 3.05) is 21.3 Å². The van der Waals surface area contributed by atoms with Crippen LogP contribution in [0.4, 0.5) is 8.78 Å². The lowest BCUT2D eigenvalue weighted by molar-refractivity contribution is -0.205. The van der Waals surface area contributed by atoms with E-state index in [-0.39, 0.29) is 5.97 Å². The minimum absolute atomic E-state index is 0.245. The summed E-state index contributed by atoms with van der Waals surface area (Å²) >= 11 is 4.47. The molecule has 0 spiro atoms. The molecular formula is C9H18F2O4S. The molecule has 7 heteroatoms. The maximum absolute atomic E-state index is 11.2. The lowest BCUT2D eigenvalue weighted by Gasteiger charge is -2.03. The molecule has 0 aromatic heterocycles. The second kappa shape index (κ2) is 12.3. The Kier molecular flexibility index (Phi) is 15.8. The lowest BCUT2D eigenvalue weighted by atomic mass is 10.8. The van der Waals surface area contributed by atoms with E-state index in [4.69, 9.17) is 0 Å². The molecule has 0 atom stereocenters. The van der Waals surface area contributed by atoms with E-state index in [1.165, 1.54) is 14.0 Å². The Labute approximate surface area is 99.9 Å². The monoisotopic (exact) mass is 260 g/mol. The van der Waals surface area contributed by atoms with Crippen LogP contribution >= 0.6 is 12.2 Å². The van der Waals surface area contributed by atoms with Crippen LogP contribution in [-0.4, -0.2) is 38.5 Å². The maximum atomic E-state index is 11.2. The Morgan fingerprint density at radius 2 is 1.31 bits per heavy atom. The smallest absolute Gasteiger partial charge is 0.352 e. The second-order valence-electron chi connectivity index (χ2n) is 2.40. The molecule has 0 aliphatic carbocycles. The Bertz CT molecular complexity index is 178. The molecule has 0 aromatic carbocycles. The number of hydrogen-bond donors (Lipinski definition) is 0. The molecule has 0 unspecified atom stereocenters. The van der Waals surface area contributed by atoms with Gasteiger partial charge in [0.15, 0.2) is 5.05 Å². The van der Waals surface area contributed by atoms with Gasteiger partial charge < -0.3 is 14.2 Å². The standard InChI is InChI=1S/C3H6F2O.C3H6O2.C3H6OS/c1-3(4,5)6-2;1-3(4)5-2;1-3(5)4-2/h1-2H3;2*1-2H3. The third-order valence-electron chi connectivity index (χ3n) is 0.933. The summed E-state index contributed by atoms with van der Waals surface area (Å²) in [5, 5.41) is 0.588. The number of alkyl halides is 2. The van der Waals surface area contributed by atoms with E-state index in [0.717, 1.165) is 7.11 Å². The molecule has 0 aromatic rings. The van der Waals surface area contributed by atoms with Gasteiger partial charge in [-0.1, -0.05) is 0 Å². The average Bonchev–Trinajstić information content (AvgIpc) is 2.18. The van der Waals surface area contributed by atoms with Crippen LogP contribution in [0.25, 0.3) is 0 Å². The molecule has 0 rings (SSSR count). The molecule has 98 valence electrons. The molecule has 0 radical (unpaired) electrons. The van der Waals surface area contributed by atoms with Crippen molar-refractivity contribution in [2.45, 2.75) is 26.9 Å². The van der Waals surface area contributed by atoms with Crippen molar-refractivity contribution in [1.29, 1.82) is 0 Å². The molecule has 0 heterocycles. The number of esters is 1. The summed E-state index contributed by atoms with van der Waals surface area (Å²) in [6.07, 6.45) is -2.96. The lowest BCUT2D eigenvalue weighted by Crippen LogP contribution is -2.10. The van der Waals surface area contributed by atoms with Crippen LogP contribution in [0.3, 0.4) is 0 Å². The minimum atomic E-state index is -2.96. The summed E-state index contributed by atoms with van der Waals surface area (Å²) in [5.74, 6) is -0.245. The zero-order valence-electron chi connectivity index (χ0n) is 10.3. The van der Waals surface area contributed by atoms with Gasteiger partial charge >= 0.3 is 12.1 Å². The van der Waals surface area contributed by atoms with Gasteiger partial charge in [0.05, 0.1) is 14.2 Å². The molecule has 0 saturated carbocycles. The van der Waals surface area contributed by atoms with Crippen molar-refractivity contribution in [3.63, 3.8) is 0 Å². The molecule has 0 aliphatic heterocycles. The van der Waals surface area contributed by atoms with Crippen LogP contribution in [0, 0.1) is 0 Å². The van der Waals surface area contributed by atoms with Gasteiger partial charge in [-0.3, -0.25) is 4.79 Å². The van der Waals surface area contributed by atoms with Crippen LogP contribution in [0.5, 0.6) is 0 Å². The number of methoxy groups -OCH3 is 3. The molecule has 0 bridgehead atoms. The van der Waals surface area contributed by atoms with E-state index in [1.54, 1.807) is 14.0 Å². The molecule has 0 fully saturated rings. The van der Waals surface area contributed by atoms with Gasteiger partial charge in [-0.25, -0.2) is 0 Å². The first-order valence-electron chi connectivity index (χ1n) is 4.12. The van der Waals surface area contributed by atoms with Gasteiger partial charge in [0.25, 0.3) is 0 Å². The van der Waals surface area contributed by atoms with Crippen LogP contribution in [-0.2, 0) is 19.0 Å². The Hall–Kier alpha value is -0.820. The first-order chi connectivity index (χ1) is 7.10. The van der Waals surface area contributed by atoms with Crippen molar-refractivity contribution in [1.82, 2.24) is 0 Å². The highest BCUT2D eigenvalue weighted by atomic mass is 32.1. The topological polar surface area (TPSA) is 44.8 Å². The van der Waals surface area contributed by atoms with E-state index in [9.17, 15) is 13.6 Å². The first-order valence-corrected chi connectivity index (χ1v) is 4.53. The maximum Gasteiger partial charge on any atom is 0.352 e. The highest BCUT2D eigenvalue weighted by Crippen LogP contribution is 2.09. The zero-order chi connectivity index (χ0) is 13.8. The van der Waals surface area contributed by atoms with Crippen molar-refractivity contribution in [2.24, 2.45) is 0 Å². The number of halogens is 2. The number of carbonyl (C=O) groups is 1. The van der Waals surface area contributed by atoms with E-state index >= 15 is 0 Å². The van der Waals surface area contributed by atoms with Crippen molar-refractivity contribution in [3.05, 3.63) is 0 Å². The van der Waals surface area contributed by atoms with Gasteiger partial charge in [-0.05, 0) is 12.2 Å². The number of carbonyl (C=O) groups excluding carboxylic acids is 1. The van der Waals surface area contributed by atoms with Crippen molar-refractivity contribution in [3.8, 4) is 0 Å². The SMILES string of the molecule is COC(C)(F)F.COC(C)=O.COC(C)=S. The predicted octanol–water partition coefficient (Wildman–Crippen LogP) is 2.40. The molecule has 0 N–H and O–H groups in total. The van der Waals surface area contributed by atoms with Gasteiger partial charge in [0.1, 0.15) is 0 Å². The van der Waals surface area contributed by atoms with Gasteiger partial charge in [-0.2, -0.15) is 8.78 Å². The summed E-state index contributed by atoms with van der Waals surface area (Å²) in [7, 11) is 3.87. The van der Waals surface area contributed by atoms with Crippen LogP contribution < -0.4 is 0 Å². The number of ether oxygens (including phenoxy) is 3. The van der Waals surface area contributed by atoms with Crippen molar-refractivity contribution >= 4 is 23.2 Å². The molecule has 0 amide bonds. The Morgan fingerprint density at radius 3 is 1.31 bits per heavy atom. The van der Waals surface area contributed by atoms with Gasteiger partial charge in [0, 0.05) is 27.9 Å². The fourth-order valence-electron chi connectivity index (χ4n) is 0. The molecule has 0 saturated heterocycles. The zero-order valence-corrected chi connectivity index (χ0v) is 11.1. The van der Waals surface area contributed by atoms with Gasteiger partial charge in [0.2, 0.25) is 0 Å². The van der Waals surface area contributed by atoms with E-state index < -0.39 is 6.11 Å². The summed E-state index contributed by atoms with van der Waals surface area (Å²) in [6, 6.07) is 0. The molecule has 16 heavy (non-hydrogen) atoms. The first kappa shape index (κ1) is 20.6. The normalized spacial score (nSPS) is 8.75. The molecule has 4 nitrogen and oxygen atoms in total. The largest absolute Gasteiger partial charge is 0.491 e. The Morgan fingerprint density at radius 1 is 1.12 bits per heavy atom. The third-order valence-corrected chi connectivity index (χ3v) is 1.10. The van der Waals surface area contributed by atoms with Crippen LogP contribution in [0.2, 0.25) is 0 Å². The van der Waals surface area contributed by atoms with Crippen LogP contribution in [0.1, 0.15) is 20.8 Å². The quantitative estimate of drug-likeness (QED) is 0.535. The fourth-order valence-corrected chi connectivity index (χ4v) is 0. The molecule has 0 aliphatic rings.